The summed E-state index contributed by atoms with van der Waals surface area (Å²) in [5.41, 5.74) is 3.97. The molecular weight excluding hydrogens is 324 g/mol. The highest BCUT2D eigenvalue weighted by molar-refractivity contribution is 6.12. The van der Waals surface area contributed by atoms with E-state index in [0.717, 1.165) is 22.7 Å². The lowest BCUT2D eigenvalue weighted by molar-refractivity contribution is 0.0974. The summed E-state index contributed by atoms with van der Waals surface area (Å²) in [5.74, 6) is -0.0346. The Morgan fingerprint density at radius 1 is 0.885 bits per heavy atom. The minimum atomic E-state index is -0.375. The maximum Gasteiger partial charge on any atom is 0.262 e. The molecule has 2 aromatic heterocycles. The summed E-state index contributed by atoms with van der Waals surface area (Å²) in [6.07, 6.45) is 3.54. The highest BCUT2D eigenvalue weighted by atomic mass is 16.2. The van der Waals surface area contributed by atoms with Gasteiger partial charge in [-0.25, -0.2) is 4.98 Å². The van der Waals surface area contributed by atoms with Gasteiger partial charge in [0.05, 0.1) is 5.56 Å². The lowest BCUT2D eigenvalue weighted by Crippen LogP contribution is -2.43. The predicted octanol–water partition coefficient (Wildman–Crippen LogP) is 4.11. The molecule has 5 nitrogen and oxygen atoms in total. The lowest BCUT2D eigenvalue weighted by Gasteiger charge is -2.37. The van der Waals surface area contributed by atoms with Gasteiger partial charge in [0.1, 0.15) is 11.3 Å². The Bertz CT molecular complexity index is 1070. The van der Waals surface area contributed by atoms with Crippen LogP contribution in [0.5, 0.6) is 0 Å². The molecule has 1 atom stereocenters. The van der Waals surface area contributed by atoms with Gasteiger partial charge in [0.15, 0.2) is 6.17 Å². The molecule has 126 valence electrons. The fourth-order valence-electron chi connectivity index (χ4n) is 3.40. The van der Waals surface area contributed by atoms with Crippen LogP contribution >= 0.6 is 0 Å². The van der Waals surface area contributed by atoms with Crippen molar-refractivity contribution in [2.75, 3.05) is 10.2 Å². The second-order valence-corrected chi connectivity index (χ2v) is 6.24. The Labute approximate surface area is 150 Å². The first-order valence-electron chi connectivity index (χ1n) is 8.49. The smallest absolute Gasteiger partial charge is 0.262 e. The molecule has 1 aliphatic rings. The van der Waals surface area contributed by atoms with E-state index in [2.05, 4.69) is 5.32 Å². The zero-order valence-corrected chi connectivity index (χ0v) is 13.9. The van der Waals surface area contributed by atoms with E-state index in [1.165, 1.54) is 0 Å². The second kappa shape index (κ2) is 5.74. The quantitative estimate of drug-likeness (QED) is 0.597. The summed E-state index contributed by atoms with van der Waals surface area (Å²) in [6.45, 7) is 0. The number of amides is 1. The normalized spacial score (nSPS) is 16.4. The van der Waals surface area contributed by atoms with E-state index in [9.17, 15) is 4.79 Å². The number of benzene rings is 2. The zero-order valence-electron chi connectivity index (χ0n) is 13.9. The number of carbonyl (C=O) groups is 1. The number of pyridine rings is 1. The van der Waals surface area contributed by atoms with E-state index in [0.29, 0.717) is 5.56 Å². The highest BCUT2D eigenvalue weighted by Gasteiger charge is 2.35. The number of anilines is 2. The van der Waals surface area contributed by atoms with Crippen molar-refractivity contribution in [3.63, 3.8) is 0 Å². The molecule has 0 bridgehead atoms. The Hall–Kier alpha value is -3.60. The van der Waals surface area contributed by atoms with Crippen LogP contribution < -0.4 is 10.2 Å². The molecule has 0 saturated carbocycles. The van der Waals surface area contributed by atoms with Gasteiger partial charge in [-0.05, 0) is 36.4 Å². The average Bonchev–Trinajstić information content (AvgIpc) is 3.13. The van der Waals surface area contributed by atoms with Crippen molar-refractivity contribution >= 4 is 22.9 Å². The SMILES string of the molecule is O=C1c2ccccc2NC(c2cn3ccccc3n2)N1c1ccccc1. The van der Waals surface area contributed by atoms with Crippen LogP contribution in [0.15, 0.2) is 85.2 Å². The Morgan fingerprint density at radius 3 is 2.50 bits per heavy atom. The summed E-state index contributed by atoms with van der Waals surface area (Å²) in [7, 11) is 0. The van der Waals surface area contributed by atoms with Crippen LogP contribution in [0.25, 0.3) is 5.65 Å². The highest BCUT2D eigenvalue weighted by Crippen LogP contribution is 2.36. The number of carbonyl (C=O) groups excluding carboxylic acids is 1. The van der Waals surface area contributed by atoms with Crippen LogP contribution in [0, 0.1) is 0 Å². The number of rotatable bonds is 2. The standard InChI is InChI=1S/C21H16N4O/c26-21-16-10-4-5-11-17(16)23-20(25(21)15-8-2-1-3-9-15)18-14-24-13-7-6-12-19(24)22-18/h1-14,20,23H. The van der Waals surface area contributed by atoms with Gasteiger partial charge in [-0.1, -0.05) is 36.4 Å². The van der Waals surface area contributed by atoms with E-state index in [-0.39, 0.29) is 12.1 Å². The second-order valence-electron chi connectivity index (χ2n) is 6.24. The first-order chi connectivity index (χ1) is 12.8. The molecule has 5 rings (SSSR count). The summed E-state index contributed by atoms with van der Waals surface area (Å²) in [4.78, 5) is 19.8. The van der Waals surface area contributed by atoms with E-state index in [4.69, 9.17) is 4.98 Å². The third-order valence-electron chi connectivity index (χ3n) is 4.62. The fourth-order valence-corrected chi connectivity index (χ4v) is 3.40. The van der Waals surface area contributed by atoms with Crippen molar-refractivity contribution in [3.05, 3.63) is 96.4 Å². The minimum Gasteiger partial charge on any atom is -0.359 e. The van der Waals surface area contributed by atoms with Crippen LogP contribution in [-0.2, 0) is 0 Å². The Morgan fingerprint density at radius 2 is 1.65 bits per heavy atom. The zero-order chi connectivity index (χ0) is 17.5. The summed E-state index contributed by atoms with van der Waals surface area (Å²) >= 11 is 0. The van der Waals surface area contributed by atoms with E-state index in [1.807, 2.05) is 89.6 Å². The van der Waals surface area contributed by atoms with Gasteiger partial charge in [-0.15, -0.1) is 0 Å². The molecule has 0 radical (unpaired) electrons. The van der Waals surface area contributed by atoms with Crippen LogP contribution in [0.1, 0.15) is 22.2 Å². The molecule has 0 fully saturated rings. The lowest BCUT2D eigenvalue weighted by atomic mass is 10.1. The average molecular weight is 340 g/mol. The van der Waals surface area contributed by atoms with Gasteiger partial charge in [0.25, 0.3) is 5.91 Å². The Balaban J connectivity index is 1.69. The van der Waals surface area contributed by atoms with Crippen molar-refractivity contribution in [1.82, 2.24) is 9.38 Å². The van der Waals surface area contributed by atoms with Crippen molar-refractivity contribution in [2.45, 2.75) is 6.17 Å². The predicted molar refractivity (Wildman–Crippen MR) is 101 cm³/mol. The number of nitrogens with one attached hydrogen (secondary N) is 1. The van der Waals surface area contributed by atoms with Crippen molar-refractivity contribution in [2.24, 2.45) is 0 Å². The molecule has 4 aromatic rings. The van der Waals surface area contributed by atoms with Gasteiger partial charge < -0.3 is 9.72 Å². The van der Waals surface area contributed by atoms with Crippen LogP contribution in [0.2, 0.25) is 0 Å². The number of hydrogen-bond donors (Lipinski definition) is 1. The summed E-state index contributed by atoms with van der Waals surface area (Å²) in [5, 5.41) is 3.48. The fraction of sp³-hybridized carbons (Fsp3) is 0.0476. The third-order valence-corrected chi connectivity index (χ3v) is 4.62. The van der Waals surface area contributed by atoms with Gasteiger partial charge in [-0.2, -0.15) is 0 Å². The Kier molecular flexibility index (Phi) is 3.25. The molecule has 0 spiro atoms. The van der Waals surface area contributed by atoms with Gasteiger partial charge in [-0.3, -0.25) is 9.69 Å². The summed E-state index contributed by atoms with van der Waals surface area (Å²) in [6, 6.07) is 23.1. The number of fused-ring (bicyclic) bond motifs is 2. The topological polar surface area (TPSA) is 49.6 Å². The van der Waals surface area contributed by atoms with E-state index < -0.39 is 0 Å². The molecule has 26 heavy (non-hydrogen) atoms. The molecule has 0 saturated heterocycles. The molecule has 1 amide bonds. The van der Waals surface area contributed by atoms with Crippen LogP contribution in [-0.4, -0.2) is 15.3 Å². The largest absolute Gasteiger partial charge is 0.359 e. The third kappa shape index (κ3) is 2.25. The monoisotopic (exact) mass is 340 g/mol. The van der Waals surface area contributed by atoms with Crippen LogP contribution in [0.3, 0.4) is 0 Å². The van der Waals surface area contributed by atoms with Crippen molar-refractivity contribution in [1.29, 1.82) is 0 Å². The van der Waals surface area contributed by atoms with Gasteiger partial charge in [0.2, 0.25) is 0 Å². The number of hydrogen-bond acceptors (Lipinski definition) is 3. The molecule has 5 heteroatoms. The molecule has 2 aromatic carbocycles. The molecular formula is C21H16N4O. The molecule has 1 aliphatic heterocycles. The molecule has 0 aliphatic carbocycles. The maximum absolute atomic E-state index is 13.3. The van der Waals surface area contributed by atoms with Crippen molar-refractivity contribution in [3.8, 4) is 0 Å². The van der Waals surface area contributed by atoms with Gasteiger partial charge >= 0.3 is 0 Å². The number of aromatic nitrogens is 2. The first-order valence-corrected chi connectivity index (χ1v) is 8.49. The molecule has 3 heterocycles. The number of imidazole rings is 1. The first kappa shape index (κ1) is 14.7. The number of nitrogens with zero attached hydrogens (tertiary/aromatic N) is 3. The molecule has 1 N–H and O–H groups in total. The summed E-state index contributed by atoms with van der Waals surface area (Å²) < 4.78 is 1.96. The maximum atomic E-state index is 13.3. The van der Waals surface area contributed by atoms with Gasteiger partial charge in [0, 0.05) is 23.8 Å². The van der Waals surface area contributed by atoms with Crippen LogP contribution in [0.4, 0.5) is 11.4 Å². The van der Waals surface area contributed by atoms with E-state index >= 15 is 0 Å². The number of para-hydroxylation sites is 2. The minimum absolute atomic E-state index is 0.0346. The van der Waals surface area contributed by atoms with E-state index in [1.54, 1.807) is 4.90 Å². The molecule has 1 unspecified atom stereocenters. The van der Waals surface area contributed by atoms with Crippen molar-refractivity contribution < 1.29 is 4.79 Å².